The van der Waals surface area contributed by atoms with E-state index in [9.17, 15) is 4.79 Å². The van der Waals surface area contributed by atoms with Crippen LogP contribution >= 0.6 is 0 Å². The summed E-state index contributed by atoms with van der Waals surface area (Å²) in [7, 11) is 0. The average Bonchev–Trinajstić information content (AvgIpc) is 3.07. The summed E-state index contributed by atoms with van der Waals surface area (Å²) in [6.07, 6.45) is 2.61. The molecule has 1 atom stereocenters. The number of hydrogen-bond acceptors (Lipinski definition) is 4. The van der Waals surface area contributed by atoms with E-state index in [4.69, 9.17) is 4.42 Å². The third-order valence-corrected chi connectivity index (χ3v) is 3.68. The van der Waals surface area contributed by atoms with Crippen LogP contribution in [0.1, 0.15) is 24.3 Å². The Bertz CT molecular complexity index is 615. The van der Waals surface area contributed by atoms with Crippen LogP contribution in [-0.2, 0) is 11.2 Å². The number of benzene rings is 1. The van der Waals surface area contributed by atoms with Gasteiger partial charge in [-0.15, -0.1) is 0 Å². The Morgan fingerprint density at radius 3 is 3.20 bits per heavy atom. The van der Waals surface area contributed by atoms with Crippen molar-refractivity contribution in [3.63, 3.8) is 0 Å². The van der Waals surface area contributed by atoms with E-state index in [0.29, 0.717) is 18.9 Å². The molecule has 20 heavy (non-hydrogen) atoms. The van der Waals surface area contributed by atoms with Gasteiger partial charge in [0, 0.05) is 13.0 Å². The minimum atomic E-state index is -0.0270. The number of aryl methyl sites for hydroxylation is 1. The Hall–Kier alpha value is -1.88. The number of nitrogens with zero attached hydrogens (tertiary/aromatic N) is 1. The molecule has 0 saturated carbocycles. The molecule has 1 aromatic heterocycles. The second-order valence-electron chi connectivity index (χ2n) is 5.22. The molecule has 0 unspecified atom stereocenters. The van der Waals surface area contributed by atoms with Crippen LogP contribution in [0.2, 0.25) is 0 Å². The molecule has 2 N–H and O–H groups in total. The standard InChI is InChI=1S/C15H19N3O2/c1-10-4-2-6-12-14(10)18-13(20-12)7-9-17-15(19)11-5-3-8-16-11/h2,4,6,11,16H,3,5,7-9H2,1H3,(H,17,19)/t11-/m1/s1. The minimum absolute atomic E-state index is 0.0270. The number of aromatic nitrogens is 1. The van der Waals surface area contributed by atoms with Crippen LogP contribution in [0.3, 0.4) is 0 Å². The van der Waals surface area contributed by atoms with Crippen LogP contribution in [0.4, 0.5) is 0 Å². The summed E-state index contributed by atoms with van der Waals surface area (Å²) in [5, 5.41) is 6.11. The summed E-state index contributed by atoms with van der Waals surface area (Å²) >= 11 is 0. The quantitative estimate of drug-likeness (QED) is 0.887. The van der Waals surface area contributed by atoms with Gasteiger partial charge in [0.05, 0.1) is 6.04 Å². The molecule has 0 spiro atoms. The van der Waals surface area contributed by atoms with Crippen molar-refractivity contribution in [1.82, 2.24) is 15.6 Å². The monoisotopic (exact) mass is 273 g/mol. The maximum Gasteiger partial charge on any atom is 0.237 e. The van der Waals surface area contributed by atoms with E-state index < -0.39 is 0 Å². The summed E-state index contributed by atoms with van der Waals surface area (Å²) < 4.78 is 5.68. The van der Waals surface area contributed by atoms with Gasteiger partial charge in [0.1, 0.15) is 5.52 Å². The Morgan fingerprint density at radius 2 is 2.45 bits per heavy atom. The molecule has 106 valence electrons. The summed E-state index contributed by atoms with van der Waals surface area (Å²) in [4.78, 5) is 16.3. The van der Waals surface area contributed by atoms with Gasteiger partial charge in [0.25, 0.3) is 0 Å². The summed E-state index contributed by atoms with van der Waals surface area (Å²) in [5.41, 5.74) is 2.83. The van der Waals surface area contributed by atoms with E-state index in [1.165, 1.54) is 0 Å². The lowest BCUT2D eigenvalue weighted by Gasteiger charge is -2.09. The highest BCUT2D eigenvalue weighted by molar-refractivity contribution is 5.82. The van der Waals surface area contributed by atoms with Gasteiger partial charge in [-0.1, -0.05) is 12.1 Å². The number of carbonyl (C=O) groups is 1. The maximum atomic E-state index is 11.8. The van der Waals surface area contributed by atoms with Gasteiger partial charge >= 0.3 is 0 Å². The van der Waals surface area contributed by atoms with Gasteiger partial charge in [-0.3, -0.25) is 4.79 Å². The largest absolute Gasteiger partial charge is 0.441 e. The highest BCUT2D eigenvalue weighted by Gasteiger charge is 2.21. The van der Waals surface area contributed by atoms with Crippen molar-refractivity contribution >= 4 is 17.0 Å². The van der Waals surface area contributed by atoms with E-state index in [0.717, 1.165) is 36.0 Å². The van der Waals surface area contributed by atoms with Gasteiger partial charge < -0.3 is 15.1 Å². The van der Waals surface area contributed by atoms with Crippen molar-refractivity contribution in [3.8, 4) is 0 Å². The van der Waals surface area contributed by atoms with Gasteiger partial charge in [-0.2, -0.15) is 0 Å². The first kappa shape index (κ1) is 13.1. The molecule has 0 bridgehead atoms. The number of oxazole rings is 1. The molecule has 0 radical (unpaired) electrons. The molecular weight excluding hydrogens is 254 g/mol. The van der Waals surface area contributed by atoms with Gasteiger partial charge in [0.15, 0.2) is 11.5 Å². The zero-order chi connectivity index (χ0) is 13.9. The van der Waals surface area contributed by atoms with Crippen molar-refractivity contribution in [2.24, 2.45) is 0 Å². The van der Waals surface area contributed by atoms with Crippen LogP contribution in [0.5, 0.6) is 0 Å². The zero-order valence-electron chi connectivity index (χ0n) is 11.6. The van der Waals surface area contributed by atoms with Crippen molar-refractivity contribution < 1.29 is 9.21 Å². The average molecular weight is 273 g/mol. The molecule has 1 aliphatic heterocycles. The van der Waals surface area contributed by atoms with E-state index >= 15 is 0 Å². The lowest BCUT2D eigenvalue weighted by atomic mass is 10.2. The molecule has 2 heterocycles. The molecule has 1 amide bonds. The highest BCUT2D eigenvalue weighted by Crippen LogP contribution is 2.18. The molecule has 5 nitrogen and oxygen atoms in total. The third-order valence-electron chi connectivity index (χ3n) is 3.68. The molecule has 2 aromatic rings. The fourth-order valence-electron chi connectivity index (χ4n) is 2.56. The van der Waals surface area contributed by atoms with Gasteiger partial charge in [-0.05, 0) is 37.9 Å². The number of fused-ring (bicyclic) bond motifs is 1. The smallest absolute Gasteiger partial charge is 0.237 e. The van der Waals surface area contributed by atoms with Crippen LogP contribution in [0, 0.1) is 6.92 Å². The Morgan fingerprint density at radius 1 is 1.55 bits per heavy atom. The number of amides is 1. The third kappa shape index (κ3) is 2.67. The topological polar surface area (TPSA) is 67.2 Å². The highest BCUT2D eigenvalue weighted by atomic mass is 16.3. The Kier molecular flexibility index (Phi) is 3.69. The normalized spacial score (nSPS) is 18.6. The molecule has 5 heteroatoms. The fraction of sp³-hybridized carbons (Fsp3) is 0.467. The molecule has 3 rings (SSSR count). The lowest BCUT2D eigenvalue weighted by molar-refractivity contribution is -0.122. The number of nitrogens with one attached hydrogen (secondary N) is 2. The predicted molar refractivity (Wildman–Crippen MR) is 76.5 cm³/mol. The van der Waals surface area contributed by atoms with Crippen LogP contribution in [0.15, 0.2) is 22.6 Å². The first-order chi connectivity index (χ1) is 9.74. The van der Waals surface area contributed by atoms with Crippen LogP contribution in [0.25, 0.3) is 11.1 Å². The van der Waals surface area contributed by atoms with E-state index in [-0.39, 0.29) is 11.9 Å². The van der Waals surface area contributed by atoms with Crippen molar-refractivity contribution in [3.05, 3.63) is 29.7 Å². The van der Waals surface area contributed by atoms with Crippen molar-refractivity contribution in [2.75, 3.05) is 13.1 Å². The predicted octanol–water partition coefficient (Wildman–Crippen LogP) is 1.55. The van der Waals surface area contributed by atoms with Crippen LogP contribution < -0.4 is 10.6 Å². The molecule has 0 aliphatic carbocycles. The van der Waals surface area contributed by atoms with E-state index in [1.54, 1.807) is 0 Å². The first-order valence-electron chi connectivity index (χ1n) is 7.10. The van der Waals surface area contributed by atoms with E-state index in [2.05, 4.69) is 15.6 Å². The van der Waals surface area contributed by atoms with Crippen molar-refractivity contribution in [1.29, 1.82) is 0 Å². The fourth-order valence-corrected chi connectivity index (χ4v) is 2.56. The molecular formula is C15H19N3O2. The lowest BCUT2D eigenvalue weighted by Crippen LogP contribution is -2.41. The Labute approximate surface area is 117 Å². The summed E-state index contributed by atoms with van der Waals surface area (Å²) in [5.74, 6) is 0.753. The number of para-hydroxylation sites is 1. The maximum absolute atomic E-state index is 11.8. The van der Waals surface area contributed by atoms with Crippen LogP contribution in [-0.4, -0.2) is 30.0 Å². The first-order valence-corrected chi connectivity index (χ1v) is 7.10. The Balaban J connectivity index is 1.57. The second-order valence-corrected chi connectivity index (χ2v) is 5.22. The zero-order valence-corrected chi connectivity index (χ0v) is 11.6. The van der Waals surface area contributed by atoms with E-state index in [1.807, 2.05) is 25.1 Å². The number of carbonyl (C=O) groups excluding carboxylic acids is 1. The van der Waals surface area contributed by atoms with Gasteiger partial charge in [0.2, 0.25) is 5.91 Å². The summed E-state index contributed by atoms with van der Waals surface area (Å²) in [6, 6.07) is 5.86. The minimum Gasteiger partial charge on any atom is -0.441 e. The molecule has 1 fully saturated rings. The van der Waals surface area contributed by atoms with Gasteiger partial charge in [-0.25, -0.2) is 4.98 Å². The molecule has 1 saturated heterocycles. The molecule has 1 aliphatic rings. The molecule has 1 aromatic carbocycles. The second kappa shape index (κ2) is 5.63. The van der Waals surface area contributed by atoms with Crippen molar-refractivity contribution in [2.45, 2.75) is 32.2 Å². The summed E-state index contributed by atoms with van der Waals surface area (Å²) in [6.45, 7) is 3.51. The number of rotatable bonds is 4. The SMILES string of the molecule is Cc1cccc2oc(CCNC(=O)[C@H]3CCCN3)nc12. The number of hydrogen-bond donors (Lipinski definition) is 2.